The molecule has 0 N–H and O–H groups in total. The Morgan fingerprint density at radius 3 is 2.83 bits per heavy atom. The Balaban J connectivity index is 1.43. The van der Waals surface area contributed by atoms with Crippen molar-refractivity contribution in [3.05, 3.63) is 11.6 Å². The monoisotopic (exact) mass is 321 g/mol. The summed E-state index contributed by atoms with van der Waals surface area (Å²) in [5, 5.41) is 9.89. The molecule has 5 fully saturated rings. The van der Waals surface area contributed by atoms with Crippen LogP contribution in [-0.2, 0) is 4.79 Å². The highest BCUT2D eigenvalue weighted by atomic mass is 16.1. The molecule has 6 aliphatic carbocycles. The zero-order valence-electron chi connectivity index (χ0n) is 14.6. The number of fused-ring (bicyclic) bond motifs is 10. The average Bonchev–Trinajstić information content (AvgIpc) is 3.50. The van der Waals surface area contributed by atoms with Crippen molar-refractivity contribution in [3.63, 3.8) is 0 Å². The third-order valence-corrected chi connectivity index (χ3v) is 9.45. The molecular formula is C22H27NO. The Labute approximate surface area is 144 Å². The molecule has 0 aliphatic heterocycles. The number of allylic oxidation sites excluding steroid dienone is 1. The summed E-state index contributed by atoms with van der Waals surface area (Å²) in [6.07, 6.45) is 10.5. The predicted molar refractivity (Wildman–Crippen MR) is 90.5 cm³/mol. The molecule has 2 heteroatoms. The molecule has 0 spiro atoms. The van der Waals surface area contributed by atoms with Crippen molar-refractivity contribution < 1.29 is 4.79 Å². The Morgan fingerprint density at radius 1 is 1.17 bits per heavy atom. The second-order valence-electron chi connectivity index (χ2n) is 9.82. The van der Waals surface area contributed by atoms with Crippen molar-refractivity contribution in [3.8, 4) is 6.07 Å². The second kappa shape index (κ2) is 4.35. The number of hydrogen-bond acceptors (Lipinski definition) is 2. The topological polar surface area (TPSA) is 40.9 Å². The highest BCUT2D eigenvalue weighted by Crippen LogP contribution is 2.78. The molecule has 0 bridgehead atoms. The Morgan fingerprint density at radius 2 is 2.04 bits per heavy atom. The molecule has 0 aromatic carbocycles. The first-order valence-corrected chi connectivity index (χ1v) is 10.3. The molecular weight excluding hydrogens is 294 g/mol. The van der Waals surface area contributed by atoms with E-state index in [4.69, 9.17) is 0 Å². The van der Waals surface area contributed by atoms with Crippen LogP contribution in [0.25, 0.3) is 0 Å². The normalized spacial score (nSPS) is 59.1. The van der Waals surface area contributed by atoms with E-state index in [2.05, 4.69) is 19.1 Å². The van der Waals surface area contributed by atoms with Crippen LogP contribution in [0.5, 0.6) is 0 Å². The first-order chi connectivity index (χ1) is 11.7. The summed E-state index contributed by atoms with van der Waals surface area (Å²) in [6, 6.07) is 2.78. The maximum atomic E-state index is 12.0. The van der Waals surface area contributed by atoms with E-state index in [-0.39, 0.29) is 0 Å². The minimum absolute atomic E-state index is 0.348. The average molecular weight is 321 g/mol. The van der Waals surface area contributed by atoms with Crippen molar-refractivity contribution in [2.24, 2.45) is 58.7 Å². The van der Waals surface area contributed by atoms with E-state index in [1.54, 1.807) is 5.57 Å². The van der Waals surface area contributed by atoms with Crippen molar-refractivity contribution in [2.45, 2.75) is 51.9 Å². The van der Waals surface area contributed by atoms with Crippen LogP contribution in [0.4, 0.5) is 0 Å². The van der Waals surface area contributed by atoms with Crippen LogP contribution in [0.15, 0.2) is 11.6 Å². The van der Waals surface area contributed by atoms with Gasteiger partial charge in [-0.3, -0.25) is 4.79 Å². The Kier molecular flexibility index (Phi) is 2.56. The number of carbonyl (C=O) groups is 1. The zero-order valence-corrected chi connectivity index (χ0v) is 14.6. The molecule has 1 unspecified atom stereocenters. The SMILES string of the molecule is CC[C@]12CC[C@H]3[C@@H]([C@@H]4C[C@@H]4C4=CC(=O)CC[C@@H]43)[C@@H]1[C@@H]1C[C@@H]1C2C#N. The Hall–Kier alpha value is -1.10. The van der Waals surface area contributed by atoms with Crippen molar-refractivity contribution >= 4 is 5.78 Å². The summed E-state index contributed by atoms with van der Waals surface area (Å²) in [7, 11) is 0. The van der Waals surface area contributed by atoms with Gasteiger partial charge in [0.1, 0.15) is 0 Å². The number of rotatable bonds is 1. The summed E-state index contributed by atoms with van der Waals surface area (Å²) in [5.74, 6) is 7.21. The van der Waals surface area contributed by atoms with Gasteiger partial charge < -0.3 is 0 Å². The quantitative estimate of drug-likeness (QED) is 0.719. The van der Waals surface area contributed by atoms with Gasteiger partial charge in [-0.2, -0.15) is 5.26 Å². The lowest BCUT2D eigenvalue weighted by Gasteiger charge is -2.55. The molecule has 0 aromatic heterocycles. The minimum atomic E-state index is 0.348. The largest absolute Gasteiger partial charge is 0.295 e. The fourth-order valence-electron chi connectivity index (χ4n) is 8.58. The fourth-order valence-corrected chi connectivity index (χ4v) is 8.58. The molecule has 6 rings (SSSR count). The number of nitriles is 1. The van der Waals surface area contributed by atoms with Gasteiger partial charge in [0.25, 0.3) is 0 Å². The smallest absolute Gasteiger partial charge is 0.155 e. The molecule has 24 heavy (non-hydrogen) atoms. The first-order valence-electron chi connectivity index (χ1n) is 10.3. The van der Waals surface area contributed by atoms with Crippen molar-refractivity contribution in [2.75, 3.05) is 0 Å². The summed E-state index contributed by atoms with van der Waals surface area (Å²) in [4.78, 5) is 12.0. The van der Waals surface area contributed by atoms with Crippen LogP contribution in [-0.4, -0.2) is 5.78 Å². The van der Waals surface area contributed by atoms with Gasteiger partial charge in [-0.1, -0.05) is 12.5 Å². The van der Waals surface area contributed by atoms with Crippen LogP contribution < -0.4 is 0 Å². The zero-order chi connectivity index (χ0) is 16.2. The first kappa shape index (κ1) is 14.1. The minimum Gasteiger partial charge on any atom is -0.295 e. The van der Waals surface area contributed by atoms with Crippen LogP contribution >= 0.6 is 0 Å². The maximum absolute atomic E-state index is 12.0. The Bertz CT molecular complexity index is 701. The van der Waals surface area contributed by atoms with Gasteiger partial charge >= 0.3 is 0 Å². The third kappa shape index (κ3) is 1.48. The van der Waals surface area contributed by atoms with Gasteiger partial charge in [0, 0.05) is 6.42 Å². The van der Waals surface area contributed by atoms with Gasteiger partial charge in [0.15, 0.2) is 5.78 Å². The van der Waals surface area contributed by atoms with Crippen LogP contribution in [0.3, 0.4) is 0 Å². The maximum Gasteiger partial charge on any atom is 0.155 e. The van der Waals surface area contributed by atoms with E-state index >= 15 is 0 Å². The number of nitrogens with zero attached hydrogens (tertiary/aromatic N) is 1. The molecule has 6 aliphatic rings. The van der Waals surface area contributed by atoms with Crippen LogP contribution in [0, 0.1) is 70.0 Å². The number of carbonyl (C=O) groups excluding carboxylic acids is 1. The fraction of sp³-hybridized carbons (Fsp3) is 0.818. The van der Waals surface area contributed by atoms with Gasteiger partial charge in [-0.25, -0.2) is 0 Å². The molecule has 5 saturated carbocycles. The lowest BCUT2D eigenvalue weighted by atomic mass is 9.49. The lowest BCUT2D eigenvalue weighted by molar-refractivity contribution is -0.116. The van der Waals surface area contributed by atoms with E-state index < -0.39 is 0 Å². The standard InChI is InChI=1S/C22H27NO/c1-2-22-6-5-13-12-4-3-11(24)7-14(12)15-8-17(15)20(13)21(22)18-9-16(18)19(22)10-23/h7,12-13,15-21H,2-6,8-9H2,1H3/t12-,13-,15-,16+,17-,18-,19?,20+,21+,22-/m1/s1. The molecule has 0 heterocycles. The lowest BCUT2D eigenvalue weighted by Crippen LogP contribution is -2.50. The molecule has 126 valence electrons. The van der Waals surface area contributed by atoms with E-state index in [0.29, 0.717) is 23.0 Å². The van der Waals surface area contributed by atoms with Crippen molar-refractivity contribution in [1.82, 2.24) is 0 Å². The summed E-state index contributed by atoms with van der Waals surface area (Å²) < 4.78 is 0. The predicted octanol–water partition coefficient (Wildman–Crippen LogP) is 4.37. The van der Waals surface area contributed by atoms with Gasteiger partial charge in [-0.05, 0) is 97.4 Å². The van der Waals surface area contributed by atoms with E-state index in [0.717, 1.165) is 54.3 Å². The van der Waals surface area contributed by atoms with Gasteiger partial charge in [0.05, 0.1) is 12.0 Å². The van der Waals surface area contributed by atoms with E-state index in [1.807, 2.05) is 0 Å². The van der Waals surface area contributed by atoms with Crippen LogP contribution in [0.2, 0.25) is 0 Å². The molecule has 0 saturated heterocycles. The van der Waals surface area contributed by atoms with Gasteiger partial charge in [0.2, 0.25) is 0 Å². The molecule has 0 amide bonds. The van der Waals surface area contributed by atoms with Gasteiger partial charge in [-0.15, -0.1) is 0 Å². The molecule has 0 aromatic rings. The summed E-state index contributed by atoms with van der Waals surface area (Å²) in [5.41, 5.74) is 1.91. The number of ketones is 1. The molecule has 2 nitrogen and oxygen atoms in total. The van der Waals surface area contributed by atoms with E-state index in [1.165, 1.54) is 32.1 Å². The van der Waals surface area contributed by atoms with Crippen LogP contribution in [0.1, 0.15) is 51.9 Å². The van der Waals surface area contributed by atoms with E-state index in [9.17, 15) is 10.1 Å². The molecule has 0 radical (unpaired) electrons. The second-order valence-corrected chi connectivity index (χ2v) is 9.82. The van der Waals surface area contributed by atoms with Crippen molar-refractivity contribution in [1.29, 1.82) is 5.26 Å². The third-order valence-electron chi connectivity index (χ3n) is 9.45. The molecule has 10 atom stereocenters. The highest BCUT2D eigenvalue weighted by Gasteiger charge is 2.73. The highest BCUT2D eigenvalue weighted by molar-refractivity contribution is 5.91. The summed E-state index contributed by atoms with van der Waals surface area (Å²) in [6.45, 7) is 2.36. The summed E-state index contributed by atoms with van der Waals surface area (Å²) >= 11 is 0. The number of hydrogen-bond donors (Lipinski definition) is 0.